The molecule has 0 aliphatic rings. The van der Waals surface area contributed by atoms with Crippen molar-refractivity contribution in [1.29, 1.82) is 0 Å². The second kappa shape index (κ2) is 9.10. The van der Waals surface area contributed by atoms with Gasteiger partial charge in [0.05, 0.1) is 18.7 Å². The van der Waals surface area contributed by atoms with Crippen molar-refractivity contribution < 1.29 is 9.90 Å². The molecule has 1 aromatic heterocycles. The van der Waals surface area contributed by atoms with E-state index in [1.54, 1.807) is 4.68 Å². The topological polar surface area (TPSA) is 68.0 Å². The van der Waals surface area contributed by atoms with E-state index >= 15 is 0 Å². The van der Waals surface area contributed by atoms with E-state index < -0.39 is 5.97 Å². The zero-order valence-corrected chi connectivity index (χ0v) is 13.2. The number of hydrogen-bond donors (Lipinski definition) is 1. The van der Waals surface area contributed by atoms with E-state index in [2.05, 4.69) is 43.2 Å². The first-order chi connectivity index (χ1) is 9.97. The second-order valence-corrected chi connectivity index (χ2v) is 5.53. The zero-order chi connectivity index (χ0) is 15.7. The van der Waals surface area contributed by atoms with Crippen LogP contribution in [-0.4, -0.2) is 26.1 Å². The van der Waals surface area contributed by atoms with Crippen LogP contribution in [0.1, 0.15) is 52.1 Å². The van der Waals surface area contributed by atoms with Gasteiger partial charge in [0.25, 0.3) is 0 Å². The Morgan fingerprint density at radius 3 is 2.67 bits per heavy atom. The monoisotopic (exact) mass is 291 g/mol. The van der Waals surface area contributed by atoms with Gasteiger partial charge in [0.2, 0.25) is 0 Å². The third-order valence-corrected chi connectivity index (χ3v) is 3.13. The van der Waals surface area contributed by atoms with Gasteiger partial charge in [0.15, 0.2) is 0 Å². The smallest absolute Gasteiger partial charge is 0.305 e. The predicted octanol–water partition coefficient (Wildman–Crippen LogP) is 3.38. The summed E-state index contributed by atoms with van der Waals surface area (Å²) in [6, 6.07) is 0. The van der Waals surface area contributed by atoms with Gasteiger partial charge < -0.3 is 5.11 Å². The molecule has 1 rings (SSSR count). The SMILES string of the molecule is CC(C)=CCC/C(C)=C/CCc1cn(CCC(=O)O)nn1. The van der Waals surface area contributed by atoms with Crippen LogP contribution in [0, 0.1) is 0 Å². The van der Waals surface area contributed by atoms with Crippen molar-refractivity contribution in [3.05, 3.63) is 35.2 Å². The molecule has 21 heavy (non-hydrogen) atoms. The van der Waals surface area contributed by atoms with Crippen molar-refractivity contribution in [3.8, 4) is 0 Å². The van der Waals surface area contributed by atoms with Crippen LogP contribution in [0.5, 0.6) is 0 Å². The van der Waals surface area contributed by atoms with Crippen molar-refractivity contribution in [1.82, 2.24) is 15.0 Å². The summed E-state index contributed by atoms with van der Waals surface area (Å²) < 4.78 is 1.59. The summed E-state index contributed by atoms with van der Waals surface area (Å²) in [6.45, 7) is 6.77. The molecule has 1 N–H and O–H groups in total. The molecule has 1 aromatic rings. The molecule has 0 bridgehead atoms. The molecule has 0 amide bonds. The lowest BCUT2D eigenvalue weighted by molar-refractivity contribution is -0.137. The van der Waals surface area contributed by atoms with Crippen molar-refractivity contribution >= 4 is 5.97 Å². The Labute approximate surface area is 126 Å². The van der Waals surface area contributed by atoms with Gasteiger partial charge >= 0.3 is 5.97 Å². The average molecular weight is 291 g/mol. The number of aromatic nitrogens is 3. The molecule has 0 aliphatic carbocycles. The summed E-state index contributed by atoms with van der Waals surface area (Å²) in [5.74, 6) is -0.818. The van der Waals surface area contributed by atoms with E-state index in [1.807, 2.05) is 6.20 Å². The first kappa shape index (κ1) is 17.1. The highest BCUT2D eigenvalue weighted by atomic mass is 16.4. The minimum absolute atomic E-state index is 0.0756. The Morgan fingerprint density at radius 2 is 2.00 bits per heavy atom. The number of aryl methyl sites for hydroxylation is 2. The standard InChI is InChI=1S/C16H25N3O2/c1-13(2)6-4-7-14(3)8-5-9-15-12-19(18-17-15)11-10-16(20)21/h6,8,12H,4-5,7,9-11H2,1-3H3,(H,20,21)/b14-8+. The molecule has 1 heterocycles. The molecule has 0 saturated heterocycles. The molecule has 0 radical (unpaired) electrons. The molecule has 0 saturated carbocycles. The van der Waals surface area contributed by atoms with Crippen molar-refractivity contribution in [2.24, 2.45) is 0 Å². The van der Waals surface area contributed by atoms with Crippen LogP contribution in [0.25, 0.3) is 0 Å². The molecular formula is C16H25N3O2. The highest BCUT2D eigenvalue weighted by Gasteiger charge is 2.02. The maximum atomic E-state index is 10.5. The van der Waals surface area contributed by atoms with Gasteiger partial charge in [-0.1, -0.05) is 28.5 Å². The summed E-state index contributed by atoms with van der Waals surface area (Å²) >= 11 is 0. The van der Waals surface area contributed by atoms with Crippen LogP contribution in [0.15, 0.2) is 29.5 Å². The predicted molar refractivity (Wildman–Crippen MR) is 83.0 cm³/mol. The summed E-state index contributed by atoms with van der Waals surface area (Å²) in [4.78, 5) is 10.5. The Bertz CT molecular complexity index is 511. The van der Waals surface area contributed by atoms with E-state index in [0.29, 0.717) is 6.54 Å². The van der Waals surface area contributed by atoms with Gasteiger partial charge in [-0.15, -0.1) is 5.10 Å². The Morgan fingerprint density at radius 1 is 1.24 bits per heavy atom. The summed E-state index contributed by atoms with van der Waals surface area (Å²) in [5.41, 5.74) is 3.67. The Kier molecular flexibility index (Phi) is 7.43. The van der Waals surface area contributed by atoms with Crippen LogP contribution < -0.4 is 0 Å². The van der Waals surface area contributed by atoms with Gasteiger partial charge in [-0.25, -0.2) is 0 Å². The van der Waals surface area contributed by atoms with Gasteiger partial charge in [0, 0.05) is 6.20 Å². The summed E-state index contributed by atoms with van der Waals surface area (Å²) in [6.07, 6.45) is 10.4. The largest absolute Gasteiger partial charge is 0.481 e. The lowest BCUT2D eigenvalue weighted by atomic mass is 10.1. The van der Waals surface area contributed by atoms with E-state index in [0.717, 1.165) is 31.4 Å². The molecule has 0 aromatic carbocycles. The number of carbonyl (C=O) groups is 1. The summed E-state index contributed by atoms with van der Waals surface area (Å²) in [7, 11) is 0. The van der Waals surface area contributed by atoms with E-state index in [4.69, 9.17) is 5.11 Å². The molecule has 0 spiro atoms. The van der Waals surface area contributed by atoms with Gasteiger partial charge in [0.1, 0.15) is 0 Å². The van der Waals surface area contributed by atoms with Crippen molar-refractivity contribution in [2.75, 3.05) is 0 Å². The van der Waals surface area contributed by atoms with Gasteiger partial charge in [-0.05, 0) is 46.5 Å². The van der Waals surface area contributed by atoms with Gasteiger partial charge in [-0.3, -0.25) is 9.48 Å². The maximum absolute atomic E-state index is 10.5. The van der Waals surface area contributed by atoms with E-state index in [-0.39, 0.29) is 6.42 Å². The number of aliphatic carboxylic acids is 1. The lowest BCUT2D eigenvalue weighted by Gasteiger charge is -1.99. The maximum Gasteiger partial charge on any atom is 0.305 e. The number of carboxylic acids is 1. The summed E-state index contributed by atoms with van der Waals surface area (Å²) in [5, 5.41) is 16.6. The minimum atomic E-state index is -0.818. The number of hydrogen-bond acceptors (Lipinski definition) is 3. The number of rotatable bonds is 9. The fourth-order valence-electron chi connectivity index (χ4n) is 1.93. The zero-order valence-electron chi connectivity index (χ0n) is 13.2. The van der Waals surface area contributed by atoms with E-state index in [9.17, 15) is 4.79 Å². The highest BCUT2D eigenvalue weighted by Crippen LogP contribution is 2.09. The second-order valence-electron chi connectivity index (χ2n) is 5.53. The van der Waals surface area contributed by atoms with Crippen LogP contribution in [0.2, 0.25) is 0 Å². The third kappa shape index (κ3) is 8.07. The van der Waals surface area contributed by atoms with Crippen molar-refractivity contribution in [3.63, 3.8) is 0 Å². The normalized spacial score (nSPS) is 11.5. The lowest BCUT2D eigenvalue weighted by Crippen LogP contribution is -2.04. The van der Waals surface area contributed by atoms with Gasteiger partial charge in [-0.2, -0.15) is 0 Å². The van der Waals surface area contributed by atoms with Crippen molar-refractivity contribution in [2.45, 2.75) is 59.4 Å². The Hall–Kier alpha value is -1.91. The van der Waals surface area contributed by atoms with Crippen LogP contribution in [-0.2, 0) is 17.8 Å². The quantitative estimate of drug-likeness (QED) is 0.708. The third-order valence-electron chi connectivity index (χ3n) is 3.13. The first-order valence-corrected chi connectivity index (χ1v) is 7.37. The molecule has 5 heteroatoms. The molecule has 0 fully saturated rings. The molecule has 116 valence electrons. The first-order valence-electron chi connectivity index (χ1n) is 7.37. The Balaban J connectivity index is 2.31. The fraction of sp³-hybridized carbons (Fsp3) is 0.562. The fourth-order valence-corrected chi connectivity index (χ4v) is 1.93. The molecular weight excluding hydrogens is 266 g/mol. The van der Waals surface area contributed by atoms with Crippen LogP contribution in [0.4, 0.5) is 0 Å². The molecule has 0 atom stereocenters. The molecule has 0 unspecified atom stereocenters. The molecule has 0 aliphatic heterocycles. The van der Waals surface area contributed by atoms with Crippen LogP contribution >= 0.6 is 0 Å². The highest BCUT2D eigenvalue weighted by molar-refractivity contribution is 5.66. The minimum Gasteiger partial charge on any atom is -0.481 e. The van der Waals surface area contributed by atoms with Crippen LogP contribution in [0.3, 0.4) is 0 Å². The number of carboxylic acid groups (broad SMARTS) is 1. The average Bonchev–Trinajstić information content (AvgIpc) is 2.84. The number of nitrogens with zero attached hydrogens (tertiary/aromatic N) is 3. The van der Waals surface area contributed by atoms with E-state index in [1.165, 1.54) is 11.1 Å². The number of allylic oxidation sites excluding steroid dienone is 4. The molecule has 5 nitrogen and oxygen atoms in total.